The minimum atomic E-state index is -0.519. The Morgan fingerprint density at radius 2 is 1.42 bits per heavy atom. The Labute approximate surface area is 194 Å². The highest BCUT2D eigenvalue weighted by Crippen LogP contribution is 2.36. The summed E-state index contributed by atoms with van der Waals surface area (Å²) in [7, 11) is 0. The van der Waals surface area contributed by atoms with Gasteiger partial charge in [0, 0.05) is 25.6 Å². The second-order valence-corrected chi connectivity index (χ2v) is 8.93. The second kappa shape index (κ2) is 9.59. The van der Waals surface area contributed by atoms with E-state index in [4.69, 9.17) is 4.74 Å². The predicted molar refractivity (Wildman–Crippen MR) is 127 cm³/mol. The van der Waals surface area contributed by atoms with Gasteiger partial charge in [0.05, 0.1) is 12.0 Å². The van der Waals surface area contributed by atoms with E-state index in [9.17, 15) is 9.59 Å². The van der Waals surface area contributed by atoms with Gasteiger partial charge in [-0.3, -0.25) is 9.69 Å². The highest BCUT2D eigenvalue weighted by molar-refractivity contribution is 5.95. The first-order valence-electron chi connectivity index (χ1n) is 11.5. The summed E-state index contributed by atoms with van der Waals surface area (Å²) in [4.78, 5) is 30.2. The molecule has 0 unspecified atom stereocenters. The van der Waals surface area contributed by atoms with E-state index >= 15 is 0 Å². The van der Waals surface area contributed by atoms with Crippen LogP contribution in [0.3, 0.4) is 0 Å². The maximum atomic E-state index is 13.8. The highest BCUT2D eigenvalue weighted by Gasteiger charge is 2.46. The standard InChI is InChI=1S/C28H28N2O3/c31-27(30-24(20-33-28(30)32)16-21-10-4-1-5-11-21)26-19-29(17-22-12-6-2-7-13-22)18-25(26)23-14-8-3-9-15-23/h1-15,24-26H,16-20H2/t24-,25-,26-/m0/s1. The molecular weight excluding hydrogens is 412 g/mol. The van der Waals surface area contributed by atoms with Crippen molar-refractivity contribution < 1.29 is 14.3 Å². The van der Waals surface area contributed by atoms with Gasteiger partial charge in [-0.05, 0) is 23.1 Å². The molecule has 33 heavy (non-hydrogen) atoms. The lowest BCUT2D eigenvalue weighted by atomic mass is 9.87. The molecule has 0 saturated carbocycles. The number of hydrogen-bond acceptors (Lipinski definition) is 4. The molecule has 0 aliphatic carbocycles. The van der Waals surface area contributed by atoms with Crippen LogP contribution in [0, 0.1) is 5.92 Å². The molecule has 0 radical (unpaired) electrons. The number of amides is 2. The van der Waals surface area contributed by atoms with Crippen LogP contribution in [0.4, 0.5) is 4.79 Å². The molecule has 2 aliphatic heterocycles. The lowest BCUT2D eigenvalue weighted by Gasteiger charge is -2.26. The van der Waals surface area contributed by atoms with Gasteiger partial charge in [0.2, 0.25) is 5.91 Å². The Kier molecular flexibility index (Phi) is 6.22. The van der Waals surface area contributed by atoms with Crippen molar-refractivity contribution in [3.63, 3.8) is 0 Å². The molecule has 168 valence electrons. The summed E-state index contributed by atoms with van der Waals surface area (Å²) in [6, 6.07) is 30.2. The first-order valence-corrected chi connectivity index (χ1v) is 11.5. The highest BCUT2D eigenvalue weighted by atomic mass is 16.6. The number of cyclic esters (lactones) is 1. The number of hydrogen-bond donors (Lipinski definition) is 0. The molecular formula is C28H28N2O3. The van der Waals surface area contributed by atoms with Crippen molar-refractivity contribution in [1.82, 2.24) is 9.80 Å². The van der Waals surface area contributed by atoms with Crippen LogP contribution in [0.25, 0.3) is 0 Å². The summed E-state index contributed by atoms with van der Waals surface area (Å²) in [5.74, 6) is -0.379. The van der Waals surface area contributed by atoms with Crippen LogP contribution in [0.1, 0.15) is 22.6 Å². The van der Waals surface area contributed by atoms with E-state index in [0.717, 1.165) is 24.2 Å². The molecule has 2 fully saturated rings. The van der Waals surface area contributed by atoms with Crippen molar-refractivity contribution in [2.75, 3.05) is 19.7 Å². The molecule has 0 N–H and O–H groups in total. The third kappa shape index (κ3) is 4.69. The zero-order chi connectivity index (χ0) is 22.6. The van der Waals surface area contributed by atoms with Crippen LogP contribution in [0.2, 0.25) is 0 Å². The fourth-order valence-electron chi connectivity index (χ4n) is 5.09. The van der Waals surface area contributed by atoms with Gasteiger partial charge in [-0.1, -0.05) is 91.0 Å². The van der Waals surface area contributed by atoms with Crippen molar-refractivity contribution in [3.8, 4) is 0 Å². The molecule has 0 spiro atoms. The number of benzene rings is 3. The van der Waals surface area contributed by atoms with Gasteiger partial charge in [-0.15, -0.1) is 0 Å². The number of nitrogens with zero attached hydrogens (tertiary/aromatic N) is 2. The van der Waals surface area contributed by atoms with Gasteiger partial charge in [-0.25, -0.2) is 9.69 Å². The molecule has 2 heterocycles. The monoisotopic (exact) mass is 440 g/mol. The van der Waals surface area contributed by atoms with Crippen LogP contribution in [-0.4, -0.2) is 47.5 Å². The summed E-state index contributed by atoms with van der Waals surface area (Å²) >= 11 is 0. The van der Waals surface area contributed by atoms with Gasteiger partial charge in [-0.2, -0.15) is 0 Å². The summed E-state index contributed by atoms with van der Waals surface area (Å²) < 4.78 is 5.35. The van der Waals surface area contributed by atoms with E-state index in [2.05, 4.69) is 29.2 Å². The summed E-state index contributed by atoms with van der Waals surface area (Å²) in [5.41, 5.74) is 3.45. The minimum Gasteiger partial charge on any atom is -0.447 e. The molecule has 2 aliphatic rings. The maximum absolute atomic E-state index is 13.8. The lowest BCUT2D eigenvalue weighted by molar-refractivity contribution is -0.133. The number of ether oxygens (including phenoxy) is 1. The number of imide groups is 1. The van der Waals surface area contributed by atoms with Crippen molar-refractivity contribution in [2.45, 2.75) is 24.9 Å². The Bertz CT molecular complexity index is 1090. The molecule has 0 bridgehead atoms. The third-order valence-corrected chi connectivity index (χ3v) is 6.70. The largest absolute Gasteiger partial charge is 0.447 e. The van der Waals surface area contributed by atoms with Crippen LogP contribution < -0.4 is 0 Å². The number of rotatable bonds is 6. The molecule has 5 heteroatoms. The smallest absolute Gasteiger partial charge is 0.416 e. The Balaban J connectivity index is 1.39. The molecule has 3 aromatic carbocycles. The first-order chi connectivity index (χ1) is 16.2. The van der Waals surface area contributed by atoms with Crippen molar-refractivity contribution >= 4 is 12.0 Å². The molecule has 3 atom stereocenters. The van der Waals surface area contributed by atoms with E-state index in [1.807, 2.05) is 66.7 Å². The van der Waals surface area contributed by atoms with Crippen LogP contribution in [0.15, 0.2) is 91.0 Å². The normalized spacial score (nSPS) is 23.0. The minimum absolute atomic E-state index is 0.0354. The molecule has 0 aromatic heterocycles. The Hall–Kier alpha value is -3.44. The number of likely N-dealkylation sites (tertiary alicyclic amines) is 1. The van der Waals surface area contributed by atoms with E-state index < -0.39 is 6.09 Å². The topological polar surface area (TPSA) is 49.9 Å². The van der Waals surface area contributed by atoms with Gasteiger partial charge in [0.25, 0.3) is 0 Å². The average Bonchev–Trinajstić information content (AvgIpc) is 3.44. The van der Waals surface area contributed by atoms with Gasteiger partial charge in [0.15, 0.2) is 0 Å². The first kappa shape index (κ1) is 21.4. The maximum Gasteiger partial charge on any atom is 0.416 e. The molecule has 5 rings (SSSR count). The fourth-order valence-corrected chi connectivity index (χ4v) is 5.09. The Morgan fingerprint density at radius 1 is 0.818 bits per heavy atom. The number of carbonyl (C=O) groups is 2. The van der Waals surface area contributed by atoms with E-state index in [1.54, 1.807) is 0 Å². The molecule has 5 nitrogen and oxygen atoms in total. The van der Waals surface area contributed by atoms with Crippen molar-refractivity contribution in [1.29, 1.82) is 0 Å². The van der Waals surface area contributed by atoms with Crippen LogP contribution >= 0.6 is 0 Å². The average molecular weight is 441 g/mol. The quantitative estimate of drug-likeness (QED) is 0.567. The molecule has 3 aromatic rings. The van der Waals surface area contributed by atoms with Crippen LogP contribution in [0.5, 0.6) is 0 Å². The van der Waals surface area contributed by atoms with E-state index in [0.29, 0.717) is 13.0 Å². The van der Waals surface area contributed by atoms with E-state index in [-0.39, 0.29) is 30.4 Å². The predicted octanol–water partition coefficient (Wildman–Crippen LogP) is 4.49. The molecule has 2 amide bonds. The second-order valence-electron chi connectivity index (χ2n) is 8.93. The Morgan fingerprint density at radius 3 is 2.09 bits per heavy atom. The zero-order valence-corrected chi connectivity index (χ0v) is 18.5. The zero-order valence-electron chi connectivity index (χ0n) is 18.5. The molecule has 2 saturated heterocycles. The summed E-state index contributed by atoms with van der Waals surface area (Å²) in [5, 5.41) is 0. The van der Waals surface area contributed by atoms with Crippen LogP contribution in [-0.2, 0) is 22.5 Å². The SMILES string of the molecule is O=C1OC[C@H](Cc2ccccc2)N1C(=O)[C@H]1CN(Cc2ccccc2)C[C@H]1c1ccccc1. The summed E-state index contributed by atoms with van der Waals surface area (Å²) in [6.07, 6.45) is 0.0867. The summed E-state index contributed by atoms with van der Waals surface area (Å²) in [6.45, 7) is 2.43. The van der Waals surface area contributed by atoms with Gasteiger partial charge >= 0.3 is 6.09 Å². The van der Waals surface area contributed by atoms with Crippen molar-refractivity contribution in [2.24, 2.45) is 5.92 Å². The van der Waals surface area contributed by atoms with Gasteiger partial charge in [0.1, 0.15) is 6.61 Å². The van der Waals surface area contributed by atoms with E-state index in [1.165, 1.54) is 10.5 Å². The third-order valence-electron chi connectivity index (χ3n) is 6.70. The van der Waals surface area contributed by atoms with Gasteiger partial charge < -0.3 is 4.74 Å². The number of carbonyl (C=O) groups excluding carboxylic acids is 2. The fraction of sp³-hybridized carbons (Fsp3) is 0.286. The van der Waals surface area contributed by atoms with Crippen molar-refractivity contribution in [3.05, 3.63) is 108 Å². The lowest BCUT2D eigenvalue weighted by Crippen LogP contribution is -2.45.